The van der Waals surface area contributed by atoms with E-state index in [0.717, 1.165) is 5.56 Å². The van der Waals surface area contributed by atoms with Gasteiger partial charge in [-0.05, 0) is 30.0 Å². The second kappa shape index (κ2) is 6.76. The highest BCUT2D eigenvalue weighted by Crippen LogP contribution is 2.29. The van der Waals surface area contributed by atoms with Gasteiger partial charge in [-0.25, -0.2) is 0 Å². The highest BCUT2D eigenvalue weighted by atomic mass is 19.4. The molecule has 122 valence electrons. The van der Waals surface area contributed by atoms with Gasteiger partial charge in [-0.3, -0.25) is 14.9 Å². The Kier molecular flexibility index (Phi) is 5.51. The number of benzene rings is 1. The SMILES string of the molecule is CC.Cc1cc([N+](=O)[O-])cc2c1CCN(C(=O)C(F)(F)F)C2. The zero-order chi connectivity index (χ0) is 17.1. The Balaban J connectivity index is 0.00000116. The van der Waals surface area contributed by atoms with Crippen LogP contribution in [0.3, 0.4) is 0 Å². The average Bonchev–Trinajstić information content (AvgIpc) is 2.46. The van der Waals surface area contributed by atoms with E-state index in [-0.39, 0.29) is 25.2 Å². The number of fused-ring (bicyclic) bond motifs is 1. The van der Waals surface area contributed by atoms with Crippen LogP contribution >= 0.6 is 0 Å². The molecule has 1 aliphatic rings. The molecule has 1 amide bonds. The van der Waals surface area contributed by atoms with E-state index >= 15 is 0 Å². The number of non-ortho nitro benzene ring substituents is 1. The van der Waals surface area contributed by atoms with Gasteiger partial charge in [0.05, 0.1) is 4.92 Å². The predicted molar refractivity (Wildman–Crippen MR) is 74.4 cm³/mol. The normalized spacial score (nSPS) is 13.8. The third-order valence-corrected chi connectivity index (χ3v) is 3.28. The van der Waals surface area contributed by atoms with Crippen molar-refractivity contribution in [2.24, 2.45) is 0 Å². The zero-order valence-electron chi connectivity index (χ0n) is 12.5. The lowest BCUT2D eigenvalue weighted by atomic mass is 9.94. The van der Waals surface area contributed by atoms with Gasteiger partial charge in [-0.15, -0.1) is 0 Å². The number of amides is 1. The van der Waals surface area contributed by atoms with E-state index in [9.17, 15) is 28.1 Å². The van der Waals surface area contributed by atoms with Crippen molar-refractivity contribution < 1.29 is 22.9 Å². The minimum atomic E-state index is -4.92. The van der Waals surface area contributed by atoms with Crippen molar-refractivity contribution >= 4 is 11.6 Å². The monoisotopic (exact) mass is 318 g/mol. The first-order chi connectivity index (χ1) is 10.2. The molecule has 0 aliphatic carbocycles. The van der Waals surface area contributed by atoms with Gasteiger partial charge < -0.3 is 4.90 Å². The predicted octanol–water partition coefficient (Wildman–Crippen LogP) is 3.38. The Bertz CT molecular complexity index is 585. The molecular weight excluding hydrogens is 301 g/mol. The summed E-state index contributed by atoms with van der Waals surface area (Å²) >= 11 is 0. The van der Waals surface area contributed by atoms with Gasteiger partial charge >= 0.3 is 12.1 Å². The molecule has 0 saturated heterocycles. The largest absolute Gasteiger partial charge is 0.471 e. The van der Waals surface area contributed by atoms with Crippen LogP contribution in [0.15, 0.2) is 12.1 Å². The van der Waals surface area contributed by atoms with E-state index in [1.165, 1.54) is 12.1 Å². The van der Waals surface area contributed by atoms with Crippen molar-refractivity contribution in [1.82, 2.24) is 4.90 Å². The number of nitrogens with zero attached hydrogens (tertiary/aromatic N) is 2. The number of hydrogen-bond donors (Lipinski definition) is 0. The van der Waals surface area contributed by atoms with Crippen LogP contribution in [0.4, 0.5) is 18.9 Å². The summed E-state index contributed by atoms with van der Waals surface area (Å²) in [6, 6.07) is 2.62. The number of alkyl halides is 3. The maximum Gasteiger partial charge on any atom is 0.471 e. The number of halogens is 3. The summed E-state index contributed by atoms with van der Waals surface area (Å²) in [6.45, 7) is 5.38. The molecule has 5 nitrogen and oxygen atoms in total. The number of carbonyl (C=O) groups excluding carboxylic acids is 1. The maximum atomic E-state index is 12.4. The smallest absolute Gasteiger partial charge is 0.330 e. The third kappa shape index (κ3) is 3.75. The third-order valence-electron chi connectivity index (χ3n) is 3.28. The summed E-state index contributed by atoms with van der Waals surface area (Å²) in [4.78, 5) is 22.0. The van der Waals surface area contributed by atoms with Gasteiger partial charge in [0.15, 0.2) is 0 Å². The number of nitro groups is 1. The summed E-state index contributed by atoms with van der Waals surface area (Å²) in [7, 11) is 0. The number of aryl methyl sites for hydroxylation is 1. The summed E-state index contributed by atoms with van der Waals surface area (Å²) in [5, 5.41) is 10.8. The minimum absolute atomic E-state index is 0.0377. The van der Waals surface area contributed by atoms with Gasteiger partial charge in [0.2, 0.25) is 0 Å². The van der Waals surface area contributed by atoms with Crippen molar-refractivity contribution in [3.63, 3.8) is 0 Å². The van der Waals surface area contributed by atoms with Crippen LogP contribution in [0.25, 0.3) is 0 Å². The summed E-state index contributed by atoms with van der Waals surface area (Å²) in [6.07, 6.45) is -4.66. The molecule has 0 saturated carbocycles. The molecule has 8 heteroatoms. The van der Waals surface area contributed by atoms with Crippen LogP contribution in [-0.2, 0) is 17.8 Å². The quantitative estimate of drug-likeness (QED) is 0.589. The highest BCUT2D eigenvalue weighted by molar-refractivity contribution is 5.82. The fourth-order valence-corrected chi connectivity index (χ4v) is 2.36. The van der Waals surface area contributed by atoms with Crippen LogP contribution in [0.1, 0.15) is 30.5 Å². The zero-order valence-corrected chi connectivity index (χ0v) is 12.5. The molecule has 0 fully saturated rings. The average molecular weight is 318 g/mol. The molecular formula is C14H17F3N2O3. The van der Waals surface area contributed by atoms with E-state index < -0.39 is 17.0 Å². The van der Waals surface area contributed by atoms with Gasteiger partial charge in [-0.1, -0.05) is 13.8 Å². The first kappa shape index (κ1) is 17.9. The van der Waals surface area contributed by atoms with E-state index in [4.69, 9.17) is 0 Å². The summed E-state index contributed by atoms with van der Waals surface area (Å²) < 4.78 is 37.2. The Hall–Kier alpha value is -2.12. The maximum absolute atomic E-state index is 12.4. The Morgan fingerprint density at radius 3 is 2.41 bits per heavy atom. The molecule has 1 heterocycles. The molecule has 0 unspecified atom stereocenters. The molecule has 2 rings (SSSR count). The standard InChI is InChI=1S/C12H11F3N2O3.C2H6/c1-7-4-9(17(19)20)5-8-6-16(3-2-10(7)8)11(18)12(13,14)15;1-2/h4-5H,2-3,6H2,1H3;1-2H3. The molecule has 1 aromatic rings. The van der Waals surface area contributed by atoms with Crippen molar-refractivity contribution in [3.8, 4) is 0 Å². The molecule has 0 bridgehead atoms. The molecule has 0 aromatic heterocycles. The summed E-state index contributed by atoms with van der Waals surface area (Å²) in [5.41, 5.74) is 1.67. The highest BCUT2D eigenvalue weighted by Gasteiger charge is 2.43. The molecule has 1 aliphatic heterocycles. The Labute approximate surface area is 125 Å². The number of nitro benzene ring substituents is 1. The van der Waals surface area contributed by atoms with Crippen LogP contribution in [0.5, 0.6) is 0 Å². The molecule has 22 heavy (non-hydrogen) atoms. The number of rotatable bonds is 1. The Morgan fingerprint density at radius 1 is 1.32 bits per heavy atom. The summed E-state index contributed by atoms with van der Waals surface area (Å²) in [5.74, 6) is -1.91. The van der Waals surface area contributed by atoms with Crippen molar-refractivity contribution in [2.75, 3.05) is 6.54 Å². The van der Waals surface area contributed by atoms with E-state index in [0.29, 0.717) is 16.0 Å². The van der Waals surface area contributed by atoms with Crippen LogP contribution in [0, 0.1) is 17.0 Å². The fraction of sp³-hybridized carbons (Fsp3) is 0.500. The Morgan fingerprint density at radius 2 is 1.91 bits per heavy atom. The van der Waals surface area contributed by atoms with Crippen molar-refractivity contribution in [1.29, 1.82) is 0 Å². The lowest BCUT2D eigenvalue weighted by Gasteiger charge is -2.30. The van der Waals surface area contributed by atoms with E-state index in [2.05, 4.69) is 0 Å². The first-order valence-corrected chi connectivity index (χ1v) is 6.83. The second-order valence-corrected chi connectivity index (χ2v) is 4.63. The second-order valence-electron chi connectivity index (χ2n) is 4.63. The molecule has 0 atom stereocenters. The van der Waals surface area contributed by atoms with Gasteiger partial charge in [0, 0.05) is 25.2 Å². The van der Waals surface area contributed by atoms with E-state index in [1.54, 1.807) is 6.92 Å². The topological polar surface area (TPSA) is 63.5 Å². The lowest BCUT2D eigenvalue weighted by Crippen LogP contribution is -2.43. The van der Waals surface area contributed by atoms with Gasteiger partial charge in [-0.2, -0.15) is 13.2 Å². The fourth-order valence-electron chi connectivity index (χ4n) is 2.36. The van der Waals surface area contributed by atoms with Crippen LogP contribution in [0.2, 0.25) is 0 Å². The molecule has 0 spiro atoms. The van der Waals surface area contributed by atoms with Crippen molar-refractivity contribution in [3.05, 3.63) is 38.9 Å². The number of carbonyl (C=O) groups is 1. The van der Waals surface area contributed by atoms with Gasteiger partial charge in [0.25, 0.3) is 5.69 Å². The van der Waals surface area contributed by atoms with Crippen LogP contribution < -0.4 is 0 Å². The van der Waals surface area contributed by atoms with E-state index in [1.807, 2.05) is 13.8 Å². The number of hydrogen-bond acceptors (Lipinski definition) is 3. The van der Waals surface area contributed by atoms with Gasteiger partial charge in [0.1, 0.15) is 0 Å². The lowest BCUT2D eigenvalue weighted by molar-refractivity contribution is -0.385. The first-order valence-electron chi connectivity index (χ1n) is 6.83. The van der Waals surface area contributed by atoms with Crippen LogP contribution in [-0.4, -0.2) is 28.5 Å². The van der Waals surface area contributed by atoms with Crippen molar-refractivity contribution in [2.45, 2.75) is 39.9 Å². The molecule has 1 aromatic carbocycles. The molecule has 0 radical (unpaired) electrons. The molecule has 0 N–H and O–H groups in total. The minimum Gasteiger partial charge on any atom is -0.330 e.